The fourth-order valence-corrected chi connectivity index (χ4v) is 20.6. The highest BCUT2D eigenvalue weighted by Crippen LogP contribution is 2.58. The van der Waals surface area contributed by atoms with E-state index in [1.807, 2.05) is 24.3 Å². The summed E-state index contributed by atoms with van der Waals surface area (Å²) in [5, 5.41) is 0.519. The van der Waals surface area contributed by atoms with Crippen molar-refractivity contribution >= 4 is 125 Å². The van der Waals surface area contributed by atoms with E-state index in [1.54, 1.807) is 90.7 Å². The van der Waals surface area contributed by atoms with E-state index in [1.165, 1.54) is 96.6 Å². The van der Waals surface area contributed by atoms with E-state index in [2.05, 4.69) is 100 Å². The fraction of sp³-hybridized carbons (Fsp3) is 0.343. The van der Waals surface area contributed by atoms with E-state index >= 15 is 19.2 Å². The van der Waals surface area contributed by atoms with Gasteiger partial charge in [0.2, 0.25) is 0 Å². The molecular formula is C70H68O6S8. The van der Waals surface area contributed by atoms with E-state index in [4.69, 9.17) is 9.47 Å². The van der Waals surface area contributed by atoms with Crippen molar-refractivity contribution in [2.45, 2.75) is 156 Å². The predicted octanol–water partition coefficient (Wildman–Crippen LogP) is 23.8. The van der Waals surface area contributed by atoms with Gasteiger partial charge in [-0.15, -0.1) is 90.7 Å². The maximum Gasteiger partial charge on any atom is 0.347 e. The summed E-state index contributed by atoms with van der Waals surface area (Å²) in [6, 6.07) is 34.2. The second kappa shape index (κ2) is 26.7. The van der Waals surface area contributed by atoms with Crippen LogP contribution in [0.25, 0.3) is 91.6 Å². The standard InChI is InChI=1S/C70H68O6S8/c1-5-9-13-17-21-41-25-29-45(77-41)49-33-37-53(81-49)57-58(54-38-34-50(82-54)46-30-26-42(78-46)22-18-14-10-6-2)64-62-61-63(57)67(71)75-69(73)65(61)59(55-39-35-51(83-55)47-31-27-43(79-47)23-19-15-11-7-3)60(66(62)70(74)76-68(64)72)56-40-36-52(84-56)48-32-28-44(80-48)24-20-16-12-8-4/h25-40H,5-24H2,1-4H3. The lowest BCUT2D eigenvalue weighted by Gasteiger charge is -2.30. The first-order chi connectivity index (χ1) is 41.1. The van der Waals surface area contributed by atoms with Crippen LogP contribution in [0.15, 0.2) is 97.1 Å². The molecule has 0 spiro atoms. The lowest BCUT2D eigenvalue weighted by Crippen LogP contribution is -2.28. The summed E-state index contributed by atoms with van der Waals surface area (Å²) < 4.78 is 12.2. The first-order valence-electron chi connectivity index (χ1n) is 30.2. The summed E-state index contributed by atoms with van der Waals surface area (Å²) >= 11 is 13.4. The molecule has 2 aromatic carbocycles. The van der Waals surface area contributed by atoms with Gasteiger partial charge in [0.05, 0.1) is 22.3 Å². The molecule has 84 heavy (non-hydrogen) atoms. The number of cyclic esters (lactones) is 4. The summed E-state index contributed by atoms with van der Waals surface area (Å²) in [5.74, 6) is -3.25. The predicted molar refractivity (Wildman–Crippen MR) is 361 cm³/mol. The number of rotatable bonds is 28. The Labute approximate surface area is 525 Å². The minimum atomic E-state index is -0.812. The second-order valence-corrected chi connectivity index (χ2v) is 31.1. The molecule has 2 aliphatic heterocycles. The molecule has 0 saturated heterocycles. The van der Waals surface area contributed by atoms with Crippen LogP contribution < -0.4 is 0 Å². The number of thiophene rings is 8. The summed E-state index contributed by atoms with van der Waals surface area (Å²) in [6.45, 7) is 8.93. The molecule has 0 unspecified atom stereocenters. The van der Waals surface area contributed by atoms with Crippen molar-refractivity contribution in [3.63, 3.8) is 0 Å². The maximum absolute atomic E-state index is 15.3. The zero-order valence-electron chi connectivity index (χ0n) is 48.1. The van der Waals surface area contributed by atoms with Gasteiger partial charge in [-0.25, -0.2) is 19.2 Å². The van der Waals surface area contributed by atoms with Gasteiger partial charge >= 0.3 is 23.9 Å². The number of hydrogen-bond acceptors (Lipinski definition) is 14. The number of unbranched alkanes of at least 4 members (excludes halogenated alkanes) is 12. The van der Waals surface area contributed by atoms with Crippen LogP contribution >= 0.6 is 90.7 Å². The molecule has 0 saturated carbocycles. The monoisotopic (exact) mass is 1260 g/mol. The summed E-state index contributed by atoms with van der Waals surface area (Å²) in [6.07, 6.45) is 23.1. The Morgan fingerprint density at radius 2 is 0.440 bits per heavy atom. The molecular weight excluding hydrogens is 1190 g/mol. The van der Waals surface area contributed by atoms with Crippen molar-refractivity contribution in [1.82, 2.24) is 0 Å². The van der Waals surface area contributed by atoms with E-state index < -0.39 is 23.9 Å². The number of benzene rings is 2. The van der Waals surface area contributed by atoms with Gasteiger partial charge in [-0.3, -0.25) is 0 Å². The van der Waals surface area contributed by atoms with Gasteiger partial charge in [0.1, 0.15) is 0 Å². The maximum atomic E-state index is 15.3. The number of esters is 4. The molecule has 14 heteroatoms. The fourth-order valence-electron chi connectivity index (χ4n) is 11.8. The van der Waals surface area contributed by atoms with Crippen LogP contribution in [0.4, 0.5) is 0 Å². The van der Waals surface area contributed by atoms with Crippen LogP contribution in [-0.4, -0.2) is 23.9 Å². The summed E-state index contributed by atoms with van der Waals surface area (Å²) in [4.78, 5) is 78.0. The van der Waals surface area contributed by atoms with Crippen LogP contribution in [0.2, 0.25) is 0 Å². The molecule has 0 N–H and O–H groups in total. The van der Waals surface area contributed by atoms with Crippen molar-refractivity contribution in [3.8, 4) is 80.8 Å². The second-order valence-electron chi connectivity index (χ2n) is 22.1. The average molecular weight is 1260 g/mol. The van der Waals surface area contributed by atoms with Gasteiger partial charge in [0, 0.05) is 111 Å². The molecule has 432 valence electrons. The zero-order chi connectivity index (χ0) is 57.8. The minimum Gasteiger partial charge on any atom is -0.386 e. The Morgan fingerprint density at radius 1 is 0.238 bits per heavy atom. The SMILES string of the molecule is CCCCCCc1ccc(-c2ccc(-c3c(-c4ccc(-c5ccc(CCCCCC)s5)s4)c4c5c(c(-c6ccc(-c7ccc(CCCCCC)s7)s6)c(-c6ccc(-c7ccc(CCCCCC)s7)s6)c6c5c3C(=O)OC6=O)C(=O)OC4=O)s2)s1. The van der Waals surface area contributed by atoms with Gasteiger partial charge in [0.15, 0.2) is 0 Å². The summed E-state index contributed by atoms with van der Waals surface area (Å²) in [7, 11) is 0. The highest BCUT2D eigenvalue weighted by Gasteiger charge is 2.45. The summed E-state index contributed by atoms with van der Waals surface area (Å²) in [5.41, 5.74) is 2.67. The number of ether oxygens (including phenoxy) is 2. The Balaban J connectivity index is 1.09. The van der Waals surface area contributed by atoms with Crippen molar-refractivity contribution in [3.05, 3.63) is 139 Å². The van der Waals surface area contributed by atoms with Gasteiger partial charge in [-0.05, 0) is 148 Å². The lowest BCUT2D eigenvalue weighted by atomic mass is 9.77. The Morgan fingerprint density at radius 3 is 0.667 bits per heavy atom. The quantitative estimate of drug-likeness (QED) is 0.0276. The van der Waals surface area contributed by atoms with Crippen LogP contribution in [0, 0.1) is 0 Å². The molecule has 0 fully saturated rings. The topological polar surface area (TPSA) is 86.7 Å². The van der Waals surface area contributed by atoms with Crippen molar-refractivity contribution < 1.29 is 28.7 Å². The van der Waals surface area contributed by atoms with Gasteiger partial charge in [-0.2, -0.15) is 0 Å². The normalized spacial score (nSPS) is 13.0. The Kier molecular flexibility index (Phi) is 18.7. The average Bonchev–Trinajstić information content (AvgIpc) is 0.979. The molecule has 10 aromatic rings. The largest absolute Gasteiger partial charge is 0.386 e. The molecule has 0 radical (unpaired) electrons. The molecule has 8 aromatic heterocycles. The van der Waals surface area contributed by atoms with Crippen LogP contribution in [0.5, 0.6) is 0 Å². The molecule has 0 amide bonds. The van der Waals surface area contributed by atoms with Crippen molar-refractivity contribution in [1.29, 1.82) is 0 Å². The van der Waals surface area contributed by atoms with Crippen LogP contribution in [0.3, 0.4) is 0 Å². The van der Waals surface area contributed by atoms with Crippen molar-refractivity contribution in [2.24, 2.45) is 0 Å². The van der Waals surface area contributed by atoms with E-state index in [9.17, 15) is 0 Å². The van der Waals surface area contributed by atoms with E-state index in [0.29, 0.717) is 22.3 Å². The van der Waals surface area contributed by atoms with Gasteiger partial charge < -0.3 is 9.47 Å². The highest BCUT2D eigenvalue weighted by molar-refractivity contribution is 7.26. The third-order valence-corrected chi connectivity index (χ3v) is 25.8. The molecule has 6 nitrogen and oxygen atoms in total. The van der Waals surface area contributed by atoms with E-state index in [-0.39, 0.29) is 33.0 Å². The molecule has 0 bridgehead atoms. The highest BCUT2D eigenvalue weighted by atomic mass is 32.1. The zero-order valence-corrected chi connectivity index (χ0v) is 54.6. The van der Waals surface area contributed by atoms with Crippen molar-refractivity contribution in [2.75, 3.05) is 0 Å². The molecule has 10 heterocycles. The molecule has 2 aliphatic rings. The number of carbonyl (C=O) groups is 4. The Hall–Kier alpha value is -5.42. The lowest BCUT2D eigenvalue weighted by molar-refractivity contribution is 0.0367. The number of aryl methyl sites for hydroxylation is 4. The smallest absolute Gasteiger partial charge is 0.347 e. The number of carbonyl (C=O) groups excluding carboxylic acids is 4. The third kappa shape index (κ3) is 12.0. The van der Waals surface area contributed by atoms with Gasteiger partial charge in [-0.1, -0.05) is 105 Å². The molecule has 0 atom stereocenters. The first kappa shape index (κ1) is 58.9. The third-order valence-electron chi connectivity index (χ3n) is 16.1. The number of hydrogen-bond donors (Lipinski definition) is 0. The minimum absolute atomic E-state index is 0.172. The van der Waals surface area contributed by atoms with E-state index in [0.717, 1.165) is 110 Å². The van der Waals surface area contributed by atoms with Crippen LogP contribution in [0.1, 0.15) is 191 Å². The molecule has 12 rings (SSSR count). The first-order valence-corrected chi connectivity index (χ1v) is 36.7. The van der Waals surface area contributed by atoms with Gasteiger partial charge in [0.25, 0.3) is 0 Å². The molecule has 0 aliphatic carbocycles. The Bertz CT molecular complexity index is 3530. The van der Waals surface area contributed by atoms with Crippen LogP contribution in [-0.2, 0) is 35.2 Å².